The molecular weight excluding hydrogens is 50.0 g/mol. The van der Waals surface area contributed by atoms with E-state index >= 15 is 0 Å². The van der Waals surface area contributed by atoms with Gasteiger partial charge in [0.2, 0.25) is 0 Å². The third-order valence-corrected chi connectivity index (χ3v) is 0.167. The predicted octanol–water partition coefficient (Wildman–Crippen LogP) is 0.152. The van der Waals surface area contributed by atoms with Crippen LogP contribution in [-0.4, -0.2) is 7.05 Å². The number of rotatable bonds is 1. The Balaban J connectivity index is 2.30. The van der Waals surface area contributed by atoms with Gasteiger partial charge in [0, 0.05) is 7.05 Å². The summed E-state index contributed by atoms with van der Waals surface area (Å²) in [5.74, 6) is 0. The summed E-state index contributed by atoms with van der Waals surface area (Å²) in [6.45, 7) is 4.79. The SMILES string of the molecule is [CH]=CNC. The molecule has 0 aromatic rings. The Labute approximate surface area is 26.3 Å². The third kappa shape index (κ3) is 1.54. The van der Waals surface area contributed by atoms with Crippen LogP contribution in [0.1, 0.15) is 0 Å². The van der Waals surface area contributed by atoms with Crippen LogP contribution in [0.3, 0.4) is 0 Å². The lowest BCUT2D eigenvalue weighted by molar-refractivity contribution is 1.11. The molecule has 0 aromatic heterocycles. The van der Waals surface area contributed by atoms with Gasteiger partial charge in [0.25, 0.3) is 0 Å². The van der Waals surface area contributed by atoms with Crippen LogP contribution in [-0.2, 0) is 0 Å². The van der Waals surface area contributed by atoms with Crippen molar-refractivity contribution in [1.82, 2.24) is 5.32 Å². The monoisotopic (exact) mass is 56.1 g/mol. The average Bonchev–Trinajstić information content (AvgIpc) is 1.37. The van der Waals surface area contributed by atoms with E-state index in [1.54, 1.807) is 7.05 Å². The molecule has 0 spiro atoms. The van der Waals surface area contributed by atoms with Crippen LogP contribution in [0.4, 0.5) is 0 Å². The van der Waals surface area contributed by atoms with Gasteiger partial charge in [-0.2, -0.15) is 0 Å². The van der Waals surface area contributed by atoms with Crippen molar-refractivity contribution in [2.45, 2.75) is 0 Å². The molecule has 0 atom stereocenters. The summed E-state index contributed by atoms with van der Waals surface area (Å²) in [6, 6.07) is 0. The van der Waals surface area contributed by atoms with Crippen LogP contribution < -0.4 is 5.32 Å². The molecule has 23 valence electrons. The molecule has 1 nitrogen and oxygen atoms in total. The van der Waals surface area contributed by atoms with E-state index in [2.05, 4.69) is 5.32 Å². The van der Waals surface area contributed by atoms with E-state index in [1.807, 2.05) is 0 Å². The van der Waals surface area contributed by atoms with Crippen molar-refractivity contribution in [2.24, 2.45) is 0 Å². The smallest absolute Gasteiger partial charge is 0.00277 e. The molecule has 1 radical (unpaired) electrons. The molecule has 0 saturated carbocycles. The molecule has 1 heteroatoms. The van der Waals surface area contributed by atoms with E-state index in [1.165, 1.54) is 6.20 Å². The van der Waals surface area contributed by atoms with Gasteiger partial charge >= 0.3 is 0 Å². The number of nitrogens with one attached hydrogen (secondary N) is 1. The standard InChI is InChI=1S/C3H6N/c1-3-4-2/h1,3-4H,2H3. The molecule has 0 aromatic carbocycles. The van der Waals surface area contributed by atoms with Crippen molar-refractivity contribution in [3.05, 3.63) is 12.8 Å². The van der Waals surface area contributed by atoms with Crippen molar-refractivity contribution >= 4 is 0 Å². The Bertz CT molecular complexity index is 17.2. The molecule has 0 bridgehead atoms. The maximum absolute atomic E-state index is 4.79. The Kier molecular flexibility index (Phi) is 2.25. The molecule has 0 heterocycles. The molecule has 0 aliphatic heterocycles. The van der Waals surface area contributed by atoms with Gasteiger partial charge in [0.1, 0.15) is 0 Å². The maximum atomic E-state index is 4.79. The Morgan fingerprint density at radius 2 is 2.25 bits per heavy atom. The van der Waals surface area contributed by atoms with Crippen LogP contribution in [0.2, 0.25) is 0 Å². The van der Waals surface area contributed by atoms with Gasteiger partial charge in [-0.15, -0.1) is 0 Å². The molecule has 0 amide bonds. The summed E-state index contributed by atoms with van der Waals surface area (Å²) in [5, 5.41) is 2.58. The average molecular weight is 56.1 g/mol. The van der Waals surface area contributed by atoms with E-state index in [4.69, 9.17) is 6.58 Å². The summed E-state index contributed by atoms with van der Waals surface area (Å²) in [4.78, 5) is 0. The van der Waals surface area contributed by atoms with E-state index < -0.39 is 0 Å². The first-order valence-corrected chi connectivity index (χ1v) is 1.12. The molecular formula is C3H6N. The fourth-order valence-electron chi connectivity index (χ4n) is 0. The largest absolute Gasteiger partial charge is 0.394 e. The number of hydrogen-bond donors (Lipinski definition) is 1. The van der Waals surface area contributed by atoms with Gasteiger partial charge in [-0.3, -0.25) is 0 Å². The lowest BCUT2D eigenvalue weighted by Crippen LogP contribution is -1.87. The molecule has 1 N–H and O–H groups in total. The summed E-state index contributed by atoms with van der Waals surface area (Å²) >= 11 is 0. The van der Waals surface area contributed by atoms with E-state index in [0.29, 0.717) is 0 Å². The van der Waals surface area contributed by atoms with Crippen molar-refractivity contribution in [2.75, 3.05) is 7.05 Å². The second kappa shape index (κ2) is 2.54. The Morgan fingerprint density at radius 3 is 2.25 bits per heavy atom. The zero-order chi connectivity index (χ0) is 3.41. The minimum atomic E-state index is 1.38. The molecule has 0 unspecified atom stereocenters. The summed E-state index contributed by atoms with van der Waals surface area (Å²) in [6.07, 6.45) is 1.38. The second-order valence-corrected chi connectivity index (χ2v) is 0.455. The van der Waals surface area contributed by atoms with Gasteiger partial charge in [0.05, 0.1) is 0 Å². The fraction of sp³-hybridized carbons (Fsp3) is 0.333. The third-order valence-electron chi connectivity index (χ3n) is 0.167. The first-order valence-electron chi connectivity index (χ1n) is 1.12. The highest BCUT2D eigenvalue weighted by Crippen LogP contribution is 1.31. The first-order chi connectivity index (χ1) is 1.91. The molecule has 0 aliphatic rings. The van der Waals surface area contributed by atoms with Gasteiger partial charge < -0.3 is 5.32 Å². The lowest BCUT2D eigenvalue weighted by atomic mass is 11.0. The summed E-state index contributed by atoms with van der Waals surface area (Å²) in [7, 11) is 1.75. The summed E-state index contributed by atoms with van der Waals surface area (Å²) in [5.41, 5.74) is 0. The van der Waals surface area contributed by atoms with Gasteiger partial charge in [-0.1, -0.05) is 0 Å². The predicted molar refractivity (Wildman–Crippen MR) is 17.9 cm³/mol. The van der Waals surface area contributed by atoms with Crippen molar-refractivity contribution < 1.29 is 0 Å². The molecule has 0 rings (SSSR count). The zero-order valence-electron chi connectivity index (χ0n) is 2.65. The zero-order valence-corrected chi connectivity index (χ0v) is 2.65. The van der Waals surface area contributed by atoms with Crippen molar-refractivity contribution in [3.8, 4) is 0 Å². The van der Waals surface area contributed by atoms with Crippen LogP contribution in [0.5, 0.6) is 0 Å². The van der Waals surface area contributed by atoms with E-state index in [9.17, 15) is 0 Å². The van der Waals surface area contributed by atoms with E-state index in [0.717, 1.165) is 0 Å². The normalized spacial score (nSPS) is 5.25. The van der Waals surface area contributed by atoms with Gasteiger partial charge in [-0.05, 0) is 12.8 Å². The Hall–Kier alpha value is -0.460. The molecule has 0 fully saturated rings. The minimum absolute atomic E-state index is 1.38. The molecule has 4 heavy (non-hydrogen) atoms. The van der Waals surface area contributed by atoms with Crippen molar-refractivity contribution in [3.63, 3.8) is 0 Å². The number of hydrogen-bond acceptors (Lipinski definition) is 1. The minimum Gasteiger partial charge on any atom is -0.394 e. The maximum Gasteiger partial charge on any atom is 0.00277 e. The highest BCUT2D eigenvalue weighted by molar-refractivity contribution is 4.49. The topological polar surface area (TPSA) is 12.0 Å². The molecule has 0 saturated heterocycles. The van der Waals surface area contributed by atoms with Crippen LogP contribution in [0, 0.1) is 6.58 Å². The van der Waals surface area contributed by atoms with E-state index in [-0.39, 0.29) is 0 Å². The van der Waals surface area contributed by atoms with Gasteiger partial charge in [-0.25, -0.2) is 0 Å². The van der Waals surface area contributed by atoms with Crippen molar-refractivity contribution in [1.29, 1.82) is 0 Å². The summed E-state index contributed by atoms with van der Waals surface area (Å²) < 4.78 is 0. The highest BCUT2D eigenvalue weighted by Gasteiger charge is 1.35. The van der Waals surface area contributed by atoms with Gasteiger partial charge in [0.15, 0.2) is 0 Å². The van der Waals surface area contributed by atoms with Crippen LogP contribution >= 0.6 is 0 Å². The highest BCUT2D eigenvalue weighted by atomic mass is 14.8. The first kappa shape index (κ1) is 3.54. The molecule has 0 aliphatic carbocycles. The lowest BCUT2D eigenvalue weighted by Gasteiger charge is -1.70. The Morgan fingerprint density at radius 1 is 2.00 bits per heavy atom. The van der Waals surface area contributed by atoms with Crippen LogP contribution in [0.15, 0.2) is 6.20 Å². The quantitative estimate of drug-likeness (QED) is 0.451. The fourth-order valence-corrected chi connectivity index (χ4v) is 0. The van der Waals surface area contributed by atoms with Crippen LogP contribution in [0.25, 0.3) is 0 Å². The second-order valence-electron chi connectivity index (χ2n) is 0.455.